The fraction of sp³-hybridized carbons (Fsp3) is 0.647. The first kappa shape index (κ1) is 17.6. The van der Waals surface area contributed by atoms with E-state index in [4.69, 9.17) is 0 Å². The lowest BCUT2D eigenvalue weighted by molar-refractivity contribution is 0.0947. The molecule has 136 valence electrons. The molecule has 3 heterocycles. The molecule has 1 aliphatic heterocycles. The van der Waals surface area contributed by atoms with Gasteiger partial charge in [-0.2, -0.15) is 5.10 Å². The zero-order chi connectivity index (χ0) is 17.6. The van der Waals surface area contributed by atoms with Crippen molar-refractivity contribution < 1.29 is 4.79 Å². The van der Waals surface area contributed by atoms with Crippen molar-refractivity contribution in [2.24, 2.45) is 5.92 Å². The Morgan fingerprint density at radius 1 is 1.44 bits per heavy atom. The molecule has 0 saturated carbocycles. The Morgan fingerprint density at radius 2 is 2.32 bits per heavy atom. The molecule has 1 atom stereocenters. The second-order valence-electron chi connectivity index (χ2n) is 6.80. The number of amides is 1. The van der Waals surface area contributed by atoms with Gasteiger partial charge in [-0.05, 0) is 58.2 Å². The van der Waals surface area contributed by atoms with Gasteiger partial charge in [0.2, 0.25) is 0 Å². The monoisotopic (exact) mass is 345 g/mol. The van der Waals surface area contributed by atoms with E-state index >= 15 is 0 Å². The molecule has 0 spiro atoms. The number of aromatic nitrogens is 5. The topological polar surface area (TPSA) is 89.7 Å². The molecule has 3 rings (SSSR count). The number of piperidine rings is 1. The highest BCUT2D eigenvalue weighted by atomic mass is 16.2. The Balaban J connectivity index is 1.41. The standard InChI is InChI=1S/C17H27N7O/c1-13-9-14(2)24(21-13)8-4-7-19-17(25)16-12-23(22-20-16)11-15-5-3-6-18-10-15/h9,12,15,18H,3-8,10-11H2,1-2H3,(H,19,25)/t15-/m1/s1. The van der Waals surface area contributed by atoms with Crippen LogP contribution < -0.4 is 10.6 Å². The number of nitrogens with one attached hydrogen (secondary N) is 2. The van der Waals surface area contributed by atoms with E-state index in [9.17, 15) is 4.79 Å². The molecule has 0 aromatic carbocycles. The van der Waals surface area contributed by atoms with Gasteiger partial charge in [0.05, 0.1) is 11.9 Å². The Bertz CT molecular complexity index is 700. The highest BCUT2D eigenvalue weighted by Gasteiger charge is 2.16. The number of hydrogen-bond donors (Lipinski definition) is 2. The molecule has 1 amide bonds. The van der Waals surface area contributed by atoms with E-state index in [1.54, 1.807) is 10.9 Å². The van der Waals surface area contributed by atoms with E-state index in [0.29, 0.717) is 18.2 Å². The van der Waals surface area contributed by atoms with Gasteiger partial charge in [-0.15, -0.1) is 5.10 Å². The van der Waals surface area contributed by atoms with E-state index in [1.807, 2.05) is 18.5 Å². The van der Waals surface area contributed by atoms with Crippen LogP contribution >= 0.6 is 0 Å². The van der Waals surface area contributed by atoms with Crippen molar-refractivity contribution in [1.29, 1.82) is 0 Å². The summed E-state index contributed by atoms with van der Waals surface area (Å²) in [6.07, 6.45) is 4.96. The first-order valence-electron chi connectivity index (χ1n) is 9.02. The minimum absolute atomic E-state index is 0.165. The summed E-state index contributed by atoms with van der Waals surface area (Å²) in [6.45, 7) is 8.33. The number of carbonyl (C=O) groups excluding carboxylic acids is 1. The minimum atomic E-state index is -0.165. The SMILES string of the molecule is Cc1cc(C)n(CCCNC(=O)c2cn(C[C@@H]3CCCNC3)nn2)n1. The van der Waals surface area contributed by atoms with Crippen LogP contribution in [0, 0.1) is 19.8 Å². The third kappa shape index (κ3) is 4.88. The lowest BCUT2D eigenvalue weighted by Gasteiger charge is -2.22. The molecule has 1 aliphatic rings. The number of hydrogen-bond acceptors (Lipinski definition) is 5. The summed E-state index contributed by atoms with van der Waals surface area (Å²) in [5.41, 5.74) is 2.55. The van der Waals surface area contributed by atoms with Crippen molar-refractivity contribution in [3.63, 3.8) is 0 Å². The average molecular weight is 345 g/mol. The first-order valence-corrected chi connectivity index (χ1v) is 9.02. The van der Waals surface area contributed by atoms with Crippen LogP contribution in [0.25, 0.3) is 0 Å². The van der Waals surface area contributed by atoms with E-state index < -0.39 is 0 Å². The number of nitrogens with zero attached hydrogens (tertiary/aromatic N) is 5. The molecule has 25 heavy (non-hydrogen) atoms. The Morgan fingerprint density at radius 3 is 3.04 bits per heavy atom. The number of aryl methyl sites for hydroxylation is 3. The molecular weight excluding hydrogens is 318 g/mol. The van der Waals surface area contributed by atoms with Gasteiger partial charge in [-0.25, -0.2) is 0 Å². The van der Waals surface area contributed by atoms with Crippen molar-refractivity contribution in [3.05, 3.63) is 29.3 Å². The lowest BCUT2D eigenvalue weighted by atomic mass is 10.00. The molecule has 8 nitrogen and oxygen atoms in total. The molecule has 0 bridgehead atoms. The summed E-state index contributed by atoms with van der Waals surface area (Å²) in [5.74, 6) is 0.397. The molecule has 8 heteroatoms. The van der Waals surface area contributed by atoms with Gasteiger partial charge in [-0.3, -0.25) is 14.2 Å². The van der Waals surface area contributed by atoms with Crippen LogP contribution in [0.15, 0.2) is 12.3 Å². The molecule has 0 radical (unpaired) electrons. The smallest absolute Gasteiger partial charge is 0.273 e. The normalized spacial score (nSPS) is 17.6. The second kappa shape index (κ2) is 8.24. The van der Waals surface area contributed by atoms with Crippen LogP contribution in [0.3, 0.4) is 0 Å². The third-order valence-electron chi connectivity index (χ3n) is 4.55. The quantitative estimate of drug-likeness (QED) is 0.728. The number of rotatable bonds is 7. The molecule has 1 saturated heterocycles. The van der Waals surface area contributed by atoms with Crippen molar-refractivity contribution in [2.45, 2.75) is 46.2 Å². The summed E-state index contributed by atoms with van der Waals surface area (Å²) < 4.78 is 3.75. The Hall–Kier alpha value is -2.22. The van der Waals surface area contributed by atoms with Gasteiger partial charge in [0.1, 0.15) is 0 Å². The molecule has 2 aromatic heterocycles. The zero-order valence-corrected chi connectivity index (χ0v) is 15.0. The summed E-state index contributed by atoms with van der Waals surface area (Å²) in [7, 11) is 0. The van der Waals surface area contributed by atoms with Crippen molar-refractivity contribution in [1.82, 2.24) is 35.4 Å². The second-order valence-corrected chi connectivity index (χ2v) is 6.80. The molecular formula is C17H27N7O. The maximum atomic E-state index is 12.2. The third-order valence-corrected chi connectivity index (χ3v) is 4.55. The summed E-state index contributed by atoms with van der Waals surface area (Å²) in [4.78, 5) is 12.2. The fourth-order valence-electron chi connectivity index (χ4n) is 3.26. The minimum Gasteiger partial charge on any atom is -0.351 e. The molecule has 2 N–H and O–H groups in total. The predicted octanol–water partition coefficient (Wildman–Crippen LogP) is 0.911. The molecule has 0 aliphatic carbocycles. The van der Waals surface area contributed by atoms with Gasteiger partial charge < -0.3 is 10.6 Å². The highest BCUT2D eigenvalue weighted by molar-refractivity contribution is 5.91. The summed E-state index contributed by atoms with van der Waals surface area (Å²) in [5, 5.41) is 18.8. The van der Waals surface area contributed by atoms with Gasteiger partial charge in [0.15, 0.2) is 5.69 Å². The zero-order valence-electron chi connectivity index (χ0n) is 15.0. The lowest BCUT2D eigenvalue weighted by Crippen LogP contribution is -2.32. The first-order chi connectivity index (χ1) is 12.1. The van der Waals surface area contributed by atoms with Gasteiger partial charge >= 0.3 is 0 Å². The van der Waals surface area contributed by atoms with Crippen molar-refractivity contribution in [3.8, 4) is 0 Å². The summed E-state index contributed by atoms with van der Waals surface area (Å²) in [6, 6.07) is 2.05. The summed E-state index contributed by atoms with van der Waals surface area (Å²) >= 11 is 0. The van der Waals surface area contributed by atoms with Crippen molar-refractivity contribution >= 4 is 5.91 Å². The Labute approximate surface area is 148 Å². The molecule has 0 unspecified atom stereocenters. The molecule has 2 aromatic rings. The van der Waals surface area contributed by atoms with Crippen LogP contribution in [0.5, 0.6) is 0 Å². The van der Waals surface area contributed by atoms with Crippen LogP contribution in [-0.4, -0.2) is 50.3 Å². The fourth-order valence-corrected chi connectivity index (χ4v) is 3.26. The maximum Gasteiger partial charge on any atom is 0.273 e. The van der Waals surface area contributed by atoms with Gasteiger partial charge in [0, 0.05) is 25.3 Å². The van der Waals surface area contributed by atoms with E-state index in [2.05, 4.69) is 32.1 Å². The van der Waals surface area contributed by atoms with Gasteiger partial charge in [-0.1, -0.05) is 5.21 Å². The maximum absolute atomic E-state index is 12.2. The van der Waals surface area contributed by atoms with E-state index in [-0.39, 0.29) is 5.91 Å². The predicted molar refractivity (Wildman–Crippen MR) is 94.3 cm³/mol. The Kier molecular flexibility index (Phi) is 5.80. The largest absolute Gasteiger partial charge is 0.351 e. The average Bonchev–Trinajstić information content (AvgIpc) is 3.19. The van der Waals surface area contributed by atoms with Crippen molar-refractivity contribution in [2.75, 3.05) is 19.6 Å². The number of carbonyl (C=O) groups is 1. The van der Waals surface area contributed by atoms with Gasteiger partial charge in [0.25, 0.3) is 5.91 Å². The highest BCUT2D eigenvalue weighted by Crippen LogP contribution is 2.12. The van der Waals surface area contributed by atoms with Crippen LogP contribution in [-0.2, 0) is 13.1 Å². The van der Waals surface area contributed by atoms with Crippen LogP contribution in [0.1, 0.15) is 41.1 Å². The van der Waals surface area contributed by atoms with E-state index in [1.165, 1.54) is 12.8 Å². The molecule has 1 fully saturated rings. The van der Waals surface area contributed by atoms with Crippen LogP contribution in [0.2, 0.25) is 0 Å². The van der Waals surface area contributed by atoms with E-state index in [0.717, 1.165) is 44.0 Å². The van der Waals surface area contributed by atoms with Crippen LogP contribution in [0.4, 0.5) is 0 Å².